The van der Waals surface area contributed by atoms with Crippen LogP contribution in [0, 0.1) is 5.82 Å². The van der Waals surface area contributed by atoms with Crippen molar-refractivity contribution in [3.05, 3.63) is 64.2 Å². The number of aliphatic hydroxyl groups is 2. The van der Waals surface area contributed by atoms with Gasteiger partial charge in [0.2, 0.25) is 5.67 Å². The Hall–Kier alpha value is -2.09. The van der Waals surface area contributed by atoms with Gasteiger partial charge in [-0.1, -0.05) is 23.7 Å². The highest BCUT2D eigenvalue weighted by atomic mass is 35.5. The van der Waals surface area contributed by atoms with E-state index in [4.69, 9.17) is 11.6 Å². The van der Waals surface area contributed by atoms with E-state index in [9.17, 15) is 19.4 Å². The Morgan fingerprint density at radius 3 is 2.82 bits per heavy atom. The standard InChI is InChI=1S/C20H21ClF2N2O3/c1-12(14-5-4-13(22)11-16(14)21)25-18(27)20(23)7-6-19(28,8-10-26)17-15(20)3-2-9-24-17/h2-5,9,11-12,26,28H,6-8,10H2,1H3,(H,25,27)/t12-,19+,20+/m1/s1. The predicted molar refractivity (Wildman–Crippen MR) is 99.8 cm³/mol. The second-order valence-corrected chi connectivity index (χ2v) is 7.47. The number of amides is 1. The number of pyridine rings is 1. The van der Waals surface area contributed by atoms with E-state index in [0.717, 1.165) is 6.07 Å². The van der Waals surface area contributed by atoms with Gasteiger partial charge in [-0.25, -0.2) is 8.78 Å². The maximum atomic E-state index is 15.9. The van der Waals surface area contributed by atoms with Crippen LogP contribution in [0.2, 0.25) is 5.02 Å². The molecule has 0 fully saturated rings. The number of carbonyl (C=O) groups excluding carboxylic acids is 1. The molecule has 28 heavy (non-hydrogen) atoms. The number of halogens is 3. The largest absolute Gasteiger partial charge is 0.396 e. The molecule has 1 aromatic heterocycles. The van der Waals surface area contributed by atoms with Crippen molar-refractivity contribution in [1.82, 2.24) is 10.3 Å². The van der Waals surface area contributed by atoms with Crippen molar-refractivity contribution in [1.29, 1.82) is 0 Å². The minimum atomic E-state index is -2.40. The molecule has 1 aliphatic rings. The smallest absolute Gasteiger partial charge is 0.262 e. The Bertz CT molecular complexity index is 898. The predicted octanol–water partition coefficient (Wildman–Crippen LogP) is 3.28. The monoisotopic (exact) mass is 410 g/mol. The average Bonchev–Trinajstić information content (AvgIpc) is 2.65. The van der Waals surface area contributed by atoms with Crippen molar-refractivity contribution in [2.45, 2.75) is 43.5 Å². The number of rotatable bonds is 5. The van der Waals surface area contributed by atoms with Crippen LogP contribution < -0.4 is 5.32 Å². The minimum Gasteiger partial charge on any atom is -0.396 e. The van der Waals surface area contributed by atoms with Gasteiger partial charge in [0.1, 0.15) is 11.4 Å². The number of alkyl halides is 1. The third kappa shape index (κ3) is 3.62. The molecule has 0 saturated heterocycles. The summed E-state index contributed by atoms with van der Waals surface area (Å²) in [5.41, 5.74) is -3.40. The van der Waals surface area contributed by atoms with Crippen LogP contribution in [0.3, 0.4) is 0 Å². The molecule has 0 saturated carbocycles. The minimum absolute atomic E-state index is 0.00367. The number of carbonyl (C=O) groups is 1. The average molecular weight is 411 g/mol. The summed E-state index contributed by atoms with van der Waals surface area (Å²) in [4.78, 5) is 16.9. The summed E-state index contributed by atoms with van der Waals surface area (Å²) >= 11 is 6.03. The first-order chi connectivity index (χ1) is 13.2. The molecular weight excluding hydrogens is 390 g/mol. The van der Waals surface area contributed by atoms with E-state index in [1.54, 1.807) is 6.92 Å². The van der Waals surface area contributed by atoms with Crippen LogP contribution in [-0.2, 0) is 16.1 Å². The number of nitrogens with one attached hydrogen (secondary N) is 1. The van der Waals surface area contributed by atoms with Gasteiger partial charge in [-0.15, -0.1) is 0 Å². The van der Waals surface area contributed by atoms with Crippen molar-refractivity contribution in [2.75, 3.05) is 6.61 Å². The first-order valence-electron chi connectivity index (χ1n) is 8.95. The normalized spacial score (nSPS) is 25.1. The second kappa shape index (κ2) is 7.73. The van der Waals surface area contributed by atoms with E-state index < -0.39 is 29.0 Å². The SMILES string of the molecule is C[C@@H](NC(=O)[C@]1(F)CC[C@](O)(CCO)c2ncccc21)c1ccc(F)cc1Cl. The van der Waals surface area contributed by atoms with Crippen molar-refractivity contribution in [2.24, 2.45) is 0 Å². The first kappa shape index (κ1) is 20.6. The molecule has 2 aromatic rings. The lowest BCUT2D eigenvalue weighted by molar-refractivity contribution is -0.138. The van der Waals surface area contributed by atoms with E-state index in [1.165, 1.54) is 30.5 Å². The molecule has 0 bridgehead atoms. The highest BCUT2D eigenvalue weighted by Gasteiger charge is 2.51. The van der Waals surface area contributed by atoms with E-state index in [-0.39, 0.29) is 42.1 Å². The number of hydrogen-bond acceptors (Lipinski definition) is 4. The lowest BCUT2D eigenvalue weighted by atomic mass is 9.73. The fourth-order valence-electron chi connectivity index (χ4n) is 3.63. The maximum absolute atomic E-state index is 15.9. The van der Waals surface area contributed by atoms with Crippen molar-refractivity contribution >= 4 is 17.5 Å². The van der Waals surface area contributed by atoms with Gasteiger partial charge in [0, 0.05) is 29.8 Å². The summed E-state index contributed by atoms with van der Waals surface area (Å²) in [7, 11) is 0. The van der Waals surface area contributed by atoms with Crippen LogP contribution in [0.1, 0.15) is 49.0 Å². The van der Waals surface area contributed by atoms with Gasteiger partial charge in [-0.3, -0.25) is 9.78 Å². The first-order valence-corrected chi connectivity index (χ1v) is 9.33. The summed E-state index contributed by atoms with van der Waals surface area (Å²) in [5, 5.41) is 22.7. The molecule has 0 aliphatic heterocycles. The Morgan fingerprint density at radius 1 is 1.39 bits per heavy atom. The second-order valence-electron chi connectivity index (χ2n) is 7.07. The van der Waals surface area contributed by atoms with Crippen LogP contribution in [0.4, 0.5) is 8.78 Å². The molecule has 3 rings (SSSR count). The maximum Gasteiger partial charge on any atom is 0.262 e. The molecule has 3 N–H and O–H groups in total. The Balaban J connectivity index is 1.90. The molecule has 1 aromatic carbocycles. The topological polar surface area (TPSA) is 82.5 Å². The number of aliphatic hydroxyl groups excluding tert-OH is 1. The lowest BCUT2D eigenvalue weighted by Gasteiger charge is -2.39. The molecule has 8 heteroatoms. The van der Waals surface area contributed by atoms with Gasteiger partial charge >= 0.3 is 0 Å². The lowest BCUT2D eigenvalue weighted by Crippen LogP contribution is -2.48. The van der Waals surface area contributed by atoms with Crippen LogP contribution >= 0.6 is 11.6 Å². The van der Waals surface area contributed by atoms with E-state index in [2.05, 4.69) is 10.3 Å². The van der Waals surface area contributed by atoms with Gasteiger partial charge in [0.25, 0.3) is 5.91 Å². The third-order valence-electron chi connectivity index (χ3n) is 5.22. The molecule has 1 aliphatic carbocycles. The van der Waals surface area contributed by atoms with E-state index >= 15 is 4.39 Å². The zero-order valence-corrected chi connectivity index (χ0v) is 16.0. The van der Waals surface area contributed by atoms with Gasteiger partial charge in [0.15, 0.2) is 0 Å². The Kier molecular flexibility index (Phi) is 5.70. The Morgan fingerprint density at radius 2 is 2.14 bits per heavy atom. The molecular formula is C20H21ClF2N2O3. The molecule has 5 nitrogen and oxygen atoms in total. The zero-order valence-electron chi connectivity index (χ0n) is 15.3. The molecule has 3 atom stereocenters. The summed E-state index contributed by atoms with van der Waals surface area (Å²) in [6.45, 7) is 1.33. The summed E-state index contributed by atoms with van der Waals surface area (Å²) in [6.07, 6.45) is 1.08. The number of aromatic nitrogens is 1. The van der Waals surface area contributed by atoms with Crippen molar-refractivity contribution in [3.8, 4) is 0 Å². The van der Waals surface area contributed by atoms with Crippen LogP contribution in [0.5, 0.6) is 0 Å². The molecule has 0 spiro atoms. The molecule has 0 radical (unpaired) electrons. The van der Waals surface area contributed by atoms with Gasteiger partial charge in [0.05, 0.1) is 11.7 Å². The Labute approximate surface area is 166 Å². The molecule has 150 valence electrons. The van der Waals surface area contributed by atoms with Crippen molar-refractivity contribution < 1.29 is 23.8 Å². The summed E-state index contributed by atoms with van der Waals surface area (Å²) in [6, 6.07) is 6.02. The molecule has 1 amide bonds. The van der Waals surface area contributed by atoms with Crippen LogP contribution in [-0.4, -0.2) is 27.7 Å². The molecule has 1 heterocycles. The zero-order chi connectivity index (χ0) is 20.5. The van der Waals surface area contributed by atoms with Gasteiger partial charge < -0.3 is 15.5 Å². The highest BCUT2D eigenvalue weighted by Crippen LogP contribution is 2.46. The quantitative estimate of drug-likeness (QED) is 0.706. The number of nitrogens with zero attached hydrogens (tertiary/aromatic N) is 1. The number of benzene rings is 1. The fourth-order valence-corrected chi connectivity index (χ4v) is 3.96. The third-order valence-corrected chi connectivity index (χ3v) is 5.55. The summed E-state index contributed by atoms with van der Waals surface area (Å²) < 4.78 is 29.1. The van der Waals surface area contributed by atoms with Gasteiger partial charge in [-0.05, 0) is 43.5 Å². The van der Waals surface area contributed by atoms with Crippen LogP contribution in [0.25, 0.3) is 0 Å². The van der Waals surface area contributed by atoms with E-state index in [1.807, 2.05) is 0 Å². The fraction of sp³-hybridized carbons (Fsp3) is 0.400. The number of hydrogen-bond donors (Lipinski definition) is 3. The summed E-state index contributed by atoms with van der Waals surface area (Å²) in [5.74, 6) is -1.40. The van der Waals surface area contributed by atoms with Crippen LogP contribution in [0.15, 0.2) is 36.5 Å². The van der Waals surface area contributed by atoms with Crippen molar-refractivity contribution in [3.63, 3.8) is 0 Å². The van der Waals surface area contributed by atoms with Gasteiger partial charge in [-0.2, -0.15) is 0 Å². The number of fused-ring (bicyclic) bond motifs is 1. The molecule has 0 unspecified atom stereocenters. The highest BCUT2D eigenvalue weighted by molar-refractivity contribution is 6.31. The van der Waals surface area contributed by atoms with E-state index in [0.29, 0.717) is 5.56 Å².